The SMILES string of the molecule is CN(Cc1ccccc1)C(=O)C1CCC(c2ccccc2)N(Cc2cccc(Cl)c2)C1. The van der Waals surface area contributed by atoms with E-state index in [1.165, 1.54) is 11.1 Å². The fourth-order valence-electron chi connectivity index (χ4n) is 4.59. The van der Waals surface area contributed by atoms with E-state index in [9.17, 15) is 4.79 Å². The van der Waals surface area contributed by atoms with Crippen molar-refractivity contribution < 1.29 is 4.79 Å². The molecule has 2 atom stereocenters. The van der Waals surface area contributed by atoms with Crippen LogP contribution in [0.5, 0.6) is 0 Å². The number of hydrogen-bond acceptors (Lipinski definition) is 2. The van der Waals surface area contributed by atoms with Gasteiger partial charge in [0.25, 0.3) is 0 Å². The van der Waals surface area contributed by atoms with Crippen LogP contribution in [0.3, 0.4) is 0 Å². The van der Waals surface area contributed by atoms with Gasteiger partial charge in [-0.2, -0.15) is 0 Å². The van der Waals surface area contributed by atoms with Gasteiger partial charge in [-0.25, -0.2) is 0 Å². The Morgan fingerprint density at radius 1 is 0.935 bits per heavy atom. The molecule has 4 rings (SSSR count). The molecule has 1 aliphatic rings. The quantitative estimate of drug-likeness (QED) is 0.480. The fourth-order valence-corrected chi connectivity index (χ4v) is 4.80. The van der Waals surface area contributed by atoms with Gasteiger partial charge in [0, 0.05) is 37.7 Å². The normalized spacial score (nSPS) is 19.2. The summed E-state index contributed by atoms with van der Waals surface area (Å²) < 4.78 is 0. The van der Waals surface area contributed by atoms with Crippen molar-refractivity contribution in [2.75, 3.05) is 13.6 Å². The number of hydrogen-bond donors (Lipinski definition) is 0. The number of carbonyl (C=O) groups is 1. The lowest BCUT2D eigenvalue weighted by Gasteiger charge is -2.40. The minimum atomic E-state index is 0.00728. The van der Waals surface area contributed by atoms with E-state index in [1.54, 1.807) is 0 Å². The Morgan fingerprint density at radius 2 is 1.61 bits per heavy atom. The van der Waals surface area contributed by atoms with Crippen LogP contribution in [-0.2, 0) is 17.9 Å². The number of piperidine rings is 1. The summed E-state index contributed by atoms with van der Waals surface area (Å²) in [6.45, 7) is 2.18. The van der Waals surface area contributed by atoms with Crippen molar-refractivity contribution in [3.63, 3.8) is 0 Å². The topological polar surface area (TPSA) is 23.6 Å². The highest BCUT2D eigenvalue weighted by Gasteiger charge is 2.34. The van der Waals surface area contributed by atoms with E-state index in [0.717, 1.165) is 36.5 Å². The number of rotatable bonds is 6. The summed E-state index contributed by atoms with van der Waals surface area (Å²) in [5.41, 5.74) is 3.65. The highest BCUT2D eigenvalue weighted by Crippen LogP contribution is 2.35. The molecule has 2 unspecified atom stereocenters. The zero-order chi connectivity index (χ0) is 21.6. The molecule has 3 nitrogen and oxygen atoms in total. The van der Waals surface area contributed by atoms with E-state index < -0.39 is 0 Å². The zero-order valence-electron chi connectivity index (χ0n) is 18.0. The molecular weight excluding hydrogens is 404 g/mol. The van der Waals surface area contributed by atoms with Crippen molar-refractivity contribution in [3.05, 3.63) is 107 Å². The number of carbonyl (C=O) groups excluding carboxylic acids is 1. The first kappa shape index (κ1) is 21.6. The third-order valence-electron chi connectivity index (χ3n) is 6.13. The third kappa shape index (κ3) is 5.55. The van der Waals surface area contributed by atoms with Crippen LogP contribution < -0.4 is 0 Å². The highest BCUT2D eigenvalue weighted by molar-refractivity contribution is 6.30. The molecule has 0 saturated carbocycles. The van der Waals surface area contributed by atoms with Gasteiger partial charge in [-0.3, -0.25) is 9.69 Å². The van der Waals surface area contributed by atoms with Gasteiger partial charge in [-0.05, 0) is 41.7 Å². The maximum atomic E-state index is 13.3. The second-order valence-electron chi connectivity index (χ2n) is 8.44. The van der Waals surface area contributed by atoms with Crippen molar-refractivity contribution in [1.82, 2.24) is 9.80 Å². The highest BCUT2D eigenvalue weighted by atomic mass is 35.5. The van der Waals surface area contributed by atoms with Gasteiger partial charge in [0.05, 0.1) is 5.92 Å². The average molecular weight is 433 g/mol. The molecule has 1 saturated heterocycles. The predicted molar refractivity (Wildman–Crippen MR) is 127 cm³/mol. The van der Waals surface area contributed by atoms with Gasteiger partial charge < -0.3 is 4.90 Å². The molecule has 3 aromatic rings. The molecule has 4 heteroatoms. The molecule has 0 N–H and O–H groups in total. The Bertz CT molecular complexity index is 992. The maximum absolute atomic E-state index is 13.3. The van der Waals surface area contributed by atoms with Crippen LogP contribution >= 0.6 is 11.6 Å². The summed E-state index contributed by atoms with van der Waals surface area (Å²) in [6.07, 6.45) is 1.88. The standard InChI is InChI=1S/C27H29ClN2O/c1-29(18-21-9-4-2-5-10-21)27(31)24-15-16-26(23-12-6-3-7-13-23)30(20-24)19-22-11-8-14-25(28)17-22/h2-14,17,24,26H,15-16,18-20H2,1H3. The second-order valence-corrected chi connectivity index (χ2v) is 8.88. The van der Waals surface area contributed by atoms with Gasteiger partial charge in [0.15, 0.2) is 0 Å². The smallest absolute Gasteiger partial charge is 0.227 e. The first-order chi connectivity index (χ1) is 15.1. The molecule has 0 spiro atoms. The average Bonchev–Trinajstić information content (AvgIpc) is 2.80. The van der Waals surface area contributed by atoms with E-state index in [-0.39, 0.29) is 11.8 Å². The Morgan fingerprint density at radius 3 is 2.32 bits per heavy atom. The van der Waals surface area contributed by atoms with Crippen molar-refractivity contribution >= 4 is 17.5 Å². The maximum Gasteiger partial charge on any atom is 0.227 e. The van der Waals surface area contributed by atoms with Crippen LogP contribution in [-0.4, -0.2) is 29.3 Å². The van der Waals surface area contributed by atoms with Gasteiger partial charge >= 0.3 is 0 Å². The number of likely N-dealkylation sites (tertiary alicyclic amines) is 1. The first-order valence-electron chi connectivity index (χ1n) is 10.9. The molecule has 0 aliphatic carbocycles. The van der Waals surface area contributed by atoms with E-state index >= 15 is 0 Å². The molecule has 0 bridgehead atoms. The minimum absolute atomic E-state index is 0.00728. The largest absolute Gasteiger partial charge is 0.341 e. The van der Waals surface area contributed by atoms with Crippen LogP contribution in [0.4, 0.5) is 0 Å². The first-order valence-corrected chi connectivity index (χ1v) is 11.3. The monoisotopic (exact) mass is 432 g/mol. The van der Waals surface area contributed by atoms with Gasteiger partial charge in [0.2, 0.25) is 5.91 Å². The summed E-state index contributed by atoms with van der Waals surface area (Å²) in [6, 6.07) is 29.2. The van der Waals surface area contributed by atoms with E-state index in [0.29, 0.717) is 12.6 Å². The van der Waals surface area contributed by atoms with Crippen LogP contribution in [0, 0.1) is 5.92 Å². The van der Waals surface area contributed by atoms with E-state index in [1.807, 2.05) is 48.3 Å². The molecule has 0 aromatic heterocycles. The van der Waals surface area contributed by atoms with Crippen molar-refractivity contribution in [2.45, 2.75) is 32.0 Å². The fraction of sp³-hybridized carbons (Fsp3) is 0.296. The molecule has 1 amide bonds. The molecule has 31 heavy (non-hydrogen) atoms. The lowest BCUT2D eigenvalue weighted by molar-refractivity contribution is -0.137. The Kier molecular flexibility index (Phi) is 7.06. The zero-order valence-corrected chi connectivity index (χ0v) is 18.7. The predicted octanol–water partition coefficient (Wildman–Crippen LogP) is 5.95. The van der Waals surface area contributed by atoms with E-state index in [4.69, 9.17) is 11.6 Å². The van der Waals surface area contributed by atoms with Crippen LogP contribution in [0.1, 0.15) is 35.6 Å². The molecule has 1 aliphatic heterocycles. The minimum Gasteiger partial charge on any atom is -0.341 e. The van der Waals surface area contributed by atoms with Crippen molar-refractivity contribution in [2.24, 2.45) is 5.92 Å². The number of halogens is 1. The number of amides is 1. The molecule has 160 valence electrons. The summed E-state index contributed by atoms with van der Waals surface area (Å²) in [7, 11) is 1.92. The molecule has 1 heterocycles. The molecule has 1 fully saturated rings. The molecule has 0 radical (unpaired) electrons. The van der Waals surface area contributed by atoms with Crippen LogP contribution in [0.25, 0.3) is 0 Å². The van der Waals surface area contributed by atoms with Crippen molar-refractivity contribution in [3.8, 4) is 0 Å². The Balaban J connectivity index is 1.50. The van der Waals surface area contributed by atoms with E-state index in [2.05, 4.69) is 53.4 Å². The van der Waals surface area contributed by atoms with Gasteiger partial charge in [-0.15, -0.1) is 0 Å². The van der Waals surface area contributed by atoms with Crippen molar-refractivity contribution in [1.29, 1.82) is 0 Å². The van der Waals surface area contributed by atoms with Gasteiger partial charge in [0.1, 0.15) is 0 Å². The van der Waals surface area contributed by atoms with Crippen LogP contribution in [0.2, 0.25) is 5.02 Å². The van der Waals surface area contributed by atoms with Gasteiger partial charge in [-0.1, -0.05) is 84.4 Å². The number of nitrogens with zero attached hydrogens (tertiary/aromatic N) is 2. The third-order valence-corrected chi connectivity index (χ3v) is 6.37. The summed E-state index contributed by atoms with van der Waals surface area (Å²) in [5.74, 6) is 0.235. The number of benzene rings is 3. The Labute approximate surface area is 190 Å². The van der Waals surface area contributed by atoms with Crippen LogP contribution in [0.15, 0.2) is 84.9 Å². The lowest BCUT2D eigenvalue weighted by atomic mass is 9.87. The second kappa shape index (κ2) is 10.1. The summed E-state index contributed by atoms with van der Waals surface area (Å²) in [4.78, 5) is 17.6. The molecule has 3 aromatic carbocycles. The lowest BCUT2D eigenvalue weighted by Crippen LogP contribution is -2.44. The summed E-state index contributed by atoms with van der Waals surface area (Å²) in [5, 5.41) is 0.751. The summed E-state index contributed by atoms with van der Waals surface area (Å²) >= 11 is 6.23. The molecular formula is C27H29ClN2O. The Hall–Kier alpha value is -2.62.